The number of nitrogens with one attached hydrogen (secondary N) is 1. The van der Waals surface area contributed by atoms with E-state index in [9.17, 15) is 0 Å². The van der Waals surface area contributed by atoms with Crippen molar-refractivity contribution in [3.8, 4) is 6.07 Å². The molecule has 5 heteroatoms. The van der Waals surface area contributed by atoms with Gasteiger partial charge in [0.25, 0.3) is 0 Å². The Morgan fingerprint density at radius 3 is 2.80 bits per heavy atom. The number of nitrogens with zero attached hydrogens (tertiary/aromatic N) is 2. The fourth-order valence-corrected chi connectivity index (χ4v) is 2.40. The van der Waals surface area contributed by atoms with E-state index in [1.807, 2.05) is 13.1 Å². The number of hydrogen-bond acceptors (Lipinski definition) is 4. The molecule has 4 nitrogen and oxygen atoms in total. The average Bonchev–Trinajstić information content (AvgIpc) is 2.46. The lowest BCUT2D eigenvalue weighted by Gasteiger charge is -2.28. The van der Waals surface area contributed by atoms with Crippen molar-refractivity contribution in [3.05, 3.63) is 28.2 Å². The van der Waals surface area contributed by atoms with Crippen LogP contribution in [-0.4, -0.2) is 33.9 Å². The quantitative estimate of drug-likeness (QED) is 0.790. The maximum absolute atomic E-state index is 8.84. The van der Waals surface area contributed by atoms with E-state index in [4.69, 9.17) is 10.00 Å². The number of benzene rings is 1. The van der Waals surface area contributed by atoms with Gasteiger partial charge < -0.3 is 15.0 Å². The monoisotopic (exact) mass is 339 g/mol. The minimum Gasteiger partial charge on any atom is -0.383 e. The van der Waals surface area contributed by atoms with E-state index in [2.05, 4.69) is 51.3 Å². The summed E-state index contributed by atoms with van der Waals surface area (Å²) in [5, 5.41) is 12.1. The second kappa shape index (κ2) is 8.96. The number of anilines is 1. The summed E-state index contributed by atoms with van der Waals surface area (Å²) in [6.07, 6.45) is 0.504. The van der Waals surface area contributed by atoms with Gasteiger partial charge in [0.2, 0.25) is 0 Å². The molecule has 1 N–H and O–H groups in total. The van der Waals surface area contributed by atoms with E-state index in [1.54, 1.807) is 7.11 Å². The number of methoxy groups -OCH3 is 1. The molecule has 0 aromatic heterocycles. The first kappa shape index (κ1) is 17.0. The highest BCUT2D eigenvalue weighted by Crippen LogP contribution is 2.29. The Bertz CT molecular complexity index is 459. The van der Waals surface area contributed by atoms with E-state index in [0.29, 0.717) is 19.6 Å². The Morgan fingerprint density at radius 2 is 2.20 bits per heavy atom. The van der Waals surface area contributed by atoms with E-state index in [1.165, 1.54) is 5.56 Å². The van der Waals surface area contributed by atoms with E-state index in [-0.39, 0.29) is 6.04 Å². The minimum absolute atomic E-state index is 0.255. The van der Waals surface area contributed by atoms with Gasteiger partial charge in [-0.05, 0) is 31.7 Å². The molecular weight excluding hydrogens is 318 g/mol. The van der Waals surface area contributed by atoms with Crippen LogP contribution < -0.4 is 10.2 Å². The topological polar surface area (TPSA) is 48.3 Å². The first-order valence-electron chi connectivity index (χ1n) is 6.71. The predicted molar refractivity (Wildman–Crippen MR) is 85.9 cm³/mol. The Labute approximate surface area is 129 Å². The Kier molecular flexibility index (Phi) is 7.60. The summed E-state index contributed by atoms with van der Waals surface area (Å²) in [6, 6.07) is 8.74. The van der Waals surface area contributed by atoms with Gasteiger partial charge in [0.05, 0.1) is 19.1 Å². The minimum atomic E-state index is 0.255. The van der Waals surface area contributed by atoms with E-state index < -0.39 is 0 Å². The summed E-state index contributed by atoms with van der Waals surface area (Å²) in [5.74, 6) is 0. The molecule has 0 aliphatic heterocycles. The molecule has 0 aliphatic rings. The predicted octanol–water partition coefficient (Wildman–Crippen LogP) is 3.10. The molecule has 0 fully saturated rings. The van der Waals surface area contributed by atoms with Crippen LogP contribution >= 0.6 is 15.9 Å². The van der Waals surface area contributed by atoms with Crippen molar-refractivity contribution in [1.29, 1.82) is 5.26 Å². The van der Waals surface area contributed by atoms with Crippen molar-refractivity contribution in [2.45, 2.75) is 19.4 Å². The van der Waals surface area contributed by atoms with Crippen LogP contribution in [0.4, 0.5) is 5.69 Å². The summed E-state index contributed by atoms with van der Waals surface area (Å²) in [7, 11) is 3.64. The number of rotatable bonds is 8. The lowest BCUT2D eigenvalue weighted by Crippen LogP contribution is -2.30. The SMILES string of the molecule is CNC(C)c1ccc(Br)cc1N(CCC#N)CCOC. The third kappa shape index (κ3) is 4.78. The second-order valence-electron chi connectivity index (χ2n) is 4.60. The summed E-state index contributed by atoms with van der Waals surface area (Å²) in [4.78, 5) is 2.21. The zero-order valence-electron chi connectivity index (χ0n) is 12.3. The molecule has 1 atom stereocenters. The van der Waals surface area contributed by atoms with Gasteiger partial charge in [-0.3, -0.25) is 0 Å². The first-order chi connectivity index (χ1) is 9.63. The third-order valence-electron chi connectivity index (χ3n) is 3.29. The molecule has 20 heavy (non-hydrogen) atoms. The van der Waals surface area contributed by atoms with E-state index >= 15 is 0 Å². The Morgan fingerprint density at radius 1 is 1.45 bits per heavy atom. The summed E-state index contributed by atoms with van der Waals surface area (Å²) >= 11 is 3.53. The number of ether oxygens (including phenoxy) is 1. The highest BCUT2D eigenvalue weighted by Gasteiger charge is 2.15. The van der Waals surface area contributed by atoms with E-state index in [0.717, 1.165) is 16.7 Å². The normalized spacial score (nSPS) is 11.9. The van der Waals surface area contributed by atoms with Crippen LogP contribution in [0.25, 0.3) is 0 Å². The van der Waals surface area contributed by atoms with Crippen molar-refractivity contribution < 1.29 is 4.74 Å². The van der Waals surface area contributed by atoms with Crippen LogP contribution in [0.2, 0.25) is 0 Å². The Balaban J connectivity index is 3.08. The van der Waals surface area contributed by atoms with Gasteiger partial charge in [-0.2, -0.15) is 5.26 Å². The molecule has 0 amide bonds. The summed E-state index contributed by atoms with van der Waals surface area (Å²) in [5.41, 5.74) is 2.37. The molecular formula is C15H22BrN3O. The lowest BCUT2D eigenvalue weighted by atomic mass is 10.0. The van der Waals surface area contributed by atoms with Crippen molar-refractivity contribution in [1.82, 2.24) is 5.32 Å². The average molecular weight is 340 g/mol. The number of halogens is 1. The van der Waals surface area contributed by atoms with Crippen LogP contribution in [0.1, 0.15) is 24.9 Å². The smallest absolute Gasteiger partial charge is 0.0640 e. The number of hydrogen-bond donors (Lipinski definition) is 1. The van der Waals surface area contributed by atoms with Gasteiger partial charge >= 0.3 is 0 Å². The Hall–Kier alpha value is -1.09. The molecule has 1 aromatic rings. The second-order valence-corrected chi connectivity index (χ2v) is 5.52. The van der Waals surface area contributed by atoms with Gasteiger partial charge in [0.15, 0.2) is 0 Å². The zero-order valence-corrected chi connectivity index (χ0v) is 13.9. The molecule has 0 bridgehead atoms. The maximum atomic E-state index is 8.84. The van der Waals surface area contributed by atoms with Gasteiger partial charge in [0.1, 0.15) is 0 Å². The largest absolute Gasteiger partial charge is 0.383 e. The van der Waals surface area contributed by atoms with Crippen molar-refractivity contribution >= 4 is 21.6 Å². The molecule has 0 aliphatic carbocycles. The van der Waals surface area contributed by atoms with Gasteiger partial charge in [0, 0.05) is 36.4 Å². The standard InChI is InChI=1S/C15H22BrN3O/c1-12(18-2)14-6-5-13(16)11-15(14)19(8-4-7-17)9-10-20-3/h5-6,11-12,18H,4,8-10H2,1-3H3. The van der Waals surface area contributed by atoms with Crippen molar-refractivity contribution in [2.75, 3.05) is 38.8 Å². The van der Waals surface area contributed by atoms with Crippen LogP contribution in [0.3, 0.4) is 0 Å². The van der Waals surface area contributed by atoms with Gasteiger partial charge in [-0.1, -0.05) is 22.0 Å². The van der Waals surface area contributed by atoms with Gasteiger partial charge in [-0.25, -0.2) is 0 Å². The molecule has 1 aromatic carbocycles. The fraction of sp³-hybridized carbons (Fsp3) is 0.533. The van der Waals surface area contributed by atoms with Crippen LogP contribution in [0.5, 0.6) is 0 Å². The lowest BCUT2D eigenvalue weighted by molar-refractivity contribution is 0.205. The molecule has 0 saturated carbocycles. The first-order valence-corrected chi connectivity index (χ1v) is 7.50. The molecule has 0 heterocycles. The van der Waals surface area contributed by atoms with Crippen molar-refractivity contribution in [2.24, 2.45) is 0 Å². The van der Waals surface area contributed by atoms with Crippen molar-refractivity contribution in [3.63, 3.8) is 0 Å². The maximum Gasteiger partial charge on any atom is 0.0640 e. The number of nitriles is 1. The summed E-state index contributed by atoms with van der Waals surface area (Å²) < 4.78 is 6.22. The van der Waals surface area contributed by atoms with Crippen LogP contribution in [0.15, 0.2) is 22.7 Å². The molecule has 1 rings (SSSR count). The highest BCUT2D eigenvalue weighted by atomic mass is 79.9. The molecule has 0 radical (unpaired) electrons. The van der Waals surface area contributed by atoms with Crippen LogP contribution in [-0.2, 0) is 4.74 Å². The molecule has 0 saturated heterocycles. The molecule has 1 unspecified atom stereocenters. The third-order valence-corrected chi connectivity index (χ3v) is 3.78. The highest BCUT2D eigenvalue weighted by molar-refractivity contribution is 9.10. The summed E-state index contributed by atoms with van der Waals surface area (Å²) in [6.45, 7) is 4.26. The fourth-order valence-electron chi connectivity index (χ4n) is 2.05. The molecule has 110 valence electrons. The van der Waals surface area contributed by atoms with Crippen LogP contribution in [0, 0.1) is 11.3 Å². The molecule has 0 spiro atoms. The zero-order chi connectivity index (χ0) is 15.0. The van der Waals surface area contributed by atoms with Gasteiger partial charge in [-0.15, -0.1) is 0 Å².